The van der Waals surface area contributed by atoms with Crippen molar-refractivity contribution in [2.45, 2.75) is 6.42 Å². The van der Waals surface area contributed by atoms with E-state index in [1.165, 1.54) is 6.20 Å². The Kier molecular flexibility index (Phi) is 6.04. The second kappa shape index (κ2) is 7.32. The summed E-state index contributed by atoms with van der Waals surface area (Å²) in [5, 5.41) is 3.31. The van der Waals surface area contributed by atoms with Gasteiger partial charge in [-0.3, -0.25) is 14.7 Å². The number of carbonyl (C=O) groups excluding carboxylic acids is 1. The predicted octanol–water partition coefficient (Wildman–Crippen LogP) is 0.376. The van der Waals surface area contributed by atoms with Crippen LogP contribution < -0.4 is 5.32 Å². The highest BCUT2D eigenvalue weighted by molar-refractivity contribution is 5.95. The number of carbonyl (C=O) groups is 1. The number of ketones is 1. The first-order valence-electron chi connectivity index (χ1n) is 5.58. The fourth-order valence-electron chi connectivity index (χ4n) is 1.79. The van der Waals surface area contributed by atoms with Crippen LogP contribution in [0.15, 0.2) is 18.6 Å². The van der Waals surface area contributed by atoms with Crippen LogP contribution in [0.25, 0.3) is 0 Å². The van der Waals surface area contributed by atoms with E-state index >= 15 is 0 Å². The number of nitrogens with zero attached hydrogens (tertiary/aromatic N) is 3. The smallest absolute Gasteiger partial charge is 0.196 e. The van der Waals surface area contributed by atoms with Gasteiger partial charge in [-0.15, -0.1) is 12.4 Å². The van der Waals surface area contributed by atoms with E-state index in [-0.39, 0.29) is 18.2 Å². The maximum Gasteiger partial charge on any atom is 0.196 e. The largest absolute Gasteiger partial charge is 0.315 e. The molecule has 0 bridgehead atoms. The number of nitrogens with one attached hydrogen (secondary N) is 1. The number of halogens is 1. The van der Waals surface area contributed by atoms with E-state index in [0.717, 1.165) is 32.6 Å². The molecule has 0 unspecified atom stereocenters. The van der Waals surface area contributed by atoms with Crippen LogP contribution >= 0.6 is 12.4 Å². The SMILES string of the molecule is Cl.O=C(CN1CCCNCC1)c1cnccn1. The molecule has 1 N–H and O–H groups in total. The summed E-state index contributed by atoms with van der Waals surface area (Å²) < 4.78 is 0. The van der Waals surface area contributed by atoms with Gasteiger partial charge in [0.05, 0.1) is 12.7 Å². The van der Waals surface area contributed by atoms with Crippen LogP contribution in [0.2, 0.25) is 0 Å². The van der Waals surface area contributed by atoms with Crippen molar-refractivity contribution >= 4 is 18.2 Å². The third-order valence-corrected chi connectivity index (χ3v) is 2.65. The van der Waals surface area contributed by atoms with Gasteiger partial charge in [-0.2, -0.15) is 0 Å². The van der Waals surface area contributed by atoms with Gasteiger partial charge in [0.15, 0.2) is 5.78 Å². The Morgan fingerprint density at radius 3 is 3.00 bits per heavy atom. The summed E-state index contributed by atoms with van der Waals surface area (Å²) in [6.07, 6.45) is 5.75. The predicted molar refractivity (Wildman–Crippen MR) is 67.5 cm³/mol. The zero-order valence-electron chi connectivity index (χ0n) is 9.63. The number of hydrogen-bond donors (Lipinski definition) is 1. The molecule has 1 aliphatic rings. The lowest BCUT2D eigenvalue weighted by Gasteiger charge is -2.17. The summed E-state index contributed by atoms with van der Waals surface area (Å²) in [7, 11) is 0. The molecule has 2 rings (SSSR count). The van der Waals surface area contributed by atoms with E-state index in [1.54, 1.807) is 12.4 Å². The molecule has 1 aromatic heterocycles. The van der Waals surface area contributed by atoms with Crippen molar-refractivity contribution in [3.05, 3.63) is 24.3 Å². The molecule has 94 valence electrons. The Morgan fingerprint density at radius 2 is 2.24 bits per heavy atom. The maximum atomic E-state index is 11.9. The summed E-state index contributed by atoms with van der Waals surface area (Å²) in [4.78, 5) is 21.9. The van der Waals surface area contributed by atoms with Gasteiger partial charge in [0.25, 0.3) is 0 Å². The Labute approximate surface area is 107 Å². The van der Waals surface area contributed by atoms with Gasteiger partial charge >= 0.3 is 0 Å². The third-order valence-electron chi connectivity index (χ3n) is 2.65. The van der Waals surface area contributed by atoms with Crippen molar-refractivity contribution < 1.29 is 4.79 Å². The first kappa shape index (κ1) is 14.0. The summed E-state index contributed by atoms with van der Waals surface area (Å²) >= 11 is 0. The highest BCUT2D eigenvalue weighted by Gasteiger charge is 2.14. The zero-order chi connectivity index (χ0) is 11.2. The quantitative estimate of drug-likeness (QED) is 0.793. The van der Waals surface area contributed by atoms with Crippen LogP contribution in [0.4, 0.5) is 0 Å². The zero-order valence-corrected chi connectivity index (χ0v) is 10.4. The number of aromatic nitrogens is 2. The fourth-order valence-corrected chi connectivity index (χ4v) is 1.79. The molecule has 17 heavy (non-hydrogen) atoms. The highest BCUT2D eigenvalue weighted by atomic mass is 35.5. The molecule has 0 aromatic carbocycles. The minimum atomic E-state index is 0. The molecule has 0 aliphatic carbocycles. The number of rotatable bonds is 3. The van der Waals surface area contributed by atoms with Gasteiger partial charge in [0.1, 0.15) is 5.69 Å². The first-order chi connectivity index (χ1) is 7.86. The average molecular weight is 257 g/mol. The molecule has 5 nitrogen and oxygen atoms in total. The van der Waals surface area contributed by atoms with Crippen LogP contribution in [-0.2, 0) is 0 Å². The van der Waals surface area contributed by atoms with Gasteiger partial charge in [-0.25, -0.2) is 4.98 Å². The molecular weight excluding hydrogens is 240 g/mol. The maximum absolute atomic E-state index is 11.9. The van der Waals surface area contributed by atoms with Crippen LogP contribution in [0.1, 0.15) is 16.9 Å². The van der Waals surface area contributed by atoms with E-state index in [4.69, 9.17) is 0 Å². The third kappa shape index (κ3) is 4.38. The minimum absolute atomic E-state index is 0. The minimum Gasteiger partial charge on any atom is -0.315 e. The van der Waals surface area contributed by atoms with Crippen molar-refractivity contribution in [3.63, 3.8) is 0 Å². The monoisotopic (exact) mass is 256 g/mol. The van der Waals surface area contributed by atoms with Crippen LogP contribution in [-0.4, -0.2) is 53.4 Å². The van der Waals surface area contributed by atoms with Crippen molar-refractivity contribution in [2.75, 3.05) is 32.7 Å². The fraction of sp³-hybridized carbons (Fsp3) is 0.545. The van der Waals surface area contributed by atoms with Crippen molar-refractivity contribution in [1.29, 1.82) is 0 Å². The molecule has 0 atom stereocenters. The summed E-state index contributed by atoms with van der Waals surface area (Å²) in [6.45, 7) is 4.33. The van der Waals surface area contributed by atoms with Crippen molar-refractivity contribution in [3.8, 4) is 0 Å². The van der Waals surface area contributed by atoms with E-state index in [1.807, 2.05) is 0 Å². The van der Waals surface area contributed by atoms with Crippen molar-refractivity contribution in [2.24, 2.45) is 0 Å². The molecule has 0 spiro atoms. The first-order valence-corrected chi connectivity index (χ1v) is 5.58. The topological polar surface area (TPSA) is 58.1 Å². The Bertz CT molecular complexity index is 339. The van der Waals surface area contributed by atoms with E-state index in [2.05, 4.69) is 20.2 Å². The molecule has 1 aromatic rings. The molecule has 0 radical (unpaired) electrons. The molecule has 1 saturated heterocycles. The van der Waals surface area contributed by atoms with Gasteiger partial charge in [-0.05, 0) is 19.5 Å². The van der Waals surface area contributed by atoms with E-state index in [0.29, 0.717) is 12.2 Å². The van der Waals surface area contributed by atoms with E-state index < -0.39 is 0 Å². The van der Waals surface area contributed by atoms with Crippen molar-refractivity contribution in [1.82, 2.24) is 20.2 Å². The number of hydrogen-bond acceptors (Lipinski definition) is 5. The van der Waals surface area contributed by atoms with Gasteiger partial charge in [-0.1, -0.05) is 0 Å². The normalized spacial score (nSPS) is 16.9. The second-order valence-electron chi connectivity index (χ2n) is 3.89. The highest BCUT2D eigenvalue weighted by Crippen LogP contribution is 1.99. The molecule has 0 saturated carbocycles. The lowest BCUT2D eigenvalue weighted by Crippen LogP contribution is -2.33. The van der Waals surface area contributed by atoms with Gasteiger partial charge in [0, 0.05) is 25.5 Å². The van der Waals surface area contributed by atoms with Crippen LogP contribution in [0.5, 0.6) is 0 Å². The molecular formula is C11H17ClN4O. The summed E-state index contributed by atoms with van der Waals surface area (Å²) in [6, 6.07) is 0. The van der Waals surface area contributed by atoms with Crippen LogP contribution in [0.3, 0.4) is 0 Å². The molecule has 6 heteroatoms. The molecule has 1 fully saturated rings. The van der Waals surface area contributed by atoms with Gasteiger partial charge < -0.3 is 5.32 Å². The Balaban J connectivity index is 0.00000144. The van der Waals surface area contributed by atoms with E-state index in [9.17, 15) is 4.79 Å². The van der Waals surface area contributed by atoms with Crippen LogP contribution in [0, 0.1) is 0 Å². The average Bonchev–Trinajstić information content (AvgIpc) is 2.59. The standard InChI is InChI=1S/C11H16N4O.ClH/c16-11(10-8-13-3-4-14-10)9-15-6-1-2-12-5-7-15;/h3-4,8,12H,1-2,5-7,9H2;1H. The van der Waals surface area contributed by atoms with Gasteiger partial charge in [0.2, 0.25) is 0 Å². The second-order valence-corrected chi connectivity index (χ2v) is 3.89. The number of Topliss-reactive ketones (excluding diaryl/α,β-unsaturated/α-hetero) is 1. The molecule has 2 heterocycles. The Hall–Kier alpha value is -1.04. The lowest BCUT2D eigenvalue weighted by atomic mass is 10.2. The Morgan fingerprint density at radius 1 is 1.35 bits per heavy atom. The summed E-state index contributed by atoms with van der Waals surface area (Å²) in [5.41, 5.74) is 0.458. The lowest BCUT2D eigenvalue weighted by molar-refractivity contribution is 0.0929. The molecule has 0 amide bonds. The summed E-state index contributed by atoms with van der Waals surface area (Å²) in [5.74, 6) is 0.0509. The molecule has 1 aliphatic heterocycles.